The summed E-state index contributed by atoms with van der Waals surface area (Å²) in [6.45, 7) is 4.41. The Bertz CT molecular complexity index is 176. The third-order valence-electron chi connectivity index (χ3n) is 3.89. The van der Waals surface area contributed by atoms with E-state index in [1.165, 1.54) is 12.8 Å². The zero-order valence-corrected chi connectivity index (χ0v) is 9.89. The highest BCUT2D eigenvalue weighted by atomic mass is 16.3. The number of aliphatic hydroxyl groups is 2. The SMILES string of the molecule is CC(C)C1CCC([C@H](O)[C@@H](N)CO)CC1. The van der Waals surface area contributed by atoms with Gasteiger partial charge in [-0.2, -0.15) is 0 Å². The van der Waals surface area contributed by atoms with Crippen LogP contribution in [0.25, 0.3) is 0 Å². The van der Waals surface area contributed by atoms with Crippen LogP contribution < -0.4 is 5.73 Å². The molecule has 0 saturated heterocycles. The lowest BCUT2D eigenvalue weighted by molar-refractivity contribution is 0.0315. The van der Waals surface area contributed by atoms with Gasteiger partial charge in [0.1, 0.15) is 0 Å². The van der Waals surface area contributed by atoms with Gasteiger partial charge in [-0.1, -0.05) is 13.8 Å². The third-order valence-corrected chi connectivity index (χ3v) is 3.89. The number of hydrogen-bond acceptors (Lipinski definition) is 3. The molecule has 0 spiro atoms. The molecular weight excluding hydrogens is 190 g/mol. The van der Waals surface area contributed by atoms with Crippen LogP contribution >= 0.6 is 0 Å². The number of nitrogens with two attached hydrogens (primary N) is 1. The van der Waals surface area contributed by atoms with E-state index < -0.39 is 12.1 Å². The fourth-order valence-corrected chi connectivity index (χ4v) is 2.61. The van der Waals surface area contributed by atoms with E-state index in [0.717, 1.165) is 24.7 Å². The molecule has 1 aliphatic carbocycles. The van der Waals surface area contributed by atoms with Crippen molar-refractivity contribution in [3.05, 3.63) is 0 Å². The summed E-state index contributed by atoms with van der Waals surface area (Å²) < 4.78 is 0. The van der Waals surface area contributed by atoms with E-state index in [4.69, 9.17) is 10.8 Å². The molecule has 0 aliphatic heterocycles. The normalized spacial score (nSPS) is 31.6. The molecular formula is C12H25NO2. The molecule has 1 fully saturated rings. The standard InChI is InChI=1S/C12H25NO2/c1-8(2)9-3-5-10(6-4-9)12(15)11(13)7-14/h8-12,14-15H,3-7,13H2,1-2H3/t9?,10?,11-,12-/m0/s1. The van der Waals surface area contributed by atoms with E-state index in [1.807, 2.05) is 0 Å². The summed E-state index contributed by atoms with van der Waals surface area (Å²) in [4.78, 5) is 0. The van der Waals surface area contributed by atoms with Crippen LogP contribution in [-0.2, 0) is 0 Å². The van der Waals surface area contributed by atoms with Crippen LogP contribution in [-0.4, -0.2) is 29.0 Å². The summed E-state index contributed by atoms with van der Waals surface area (Å²) >= 11 is 0. The minimum Gasteiger partial charge on any atom is -0.395 e. The minimum atomic E-state index is -0.525. The second-order valence-electron chi connectivity index (χ2n) is 5.26. The summed E-state index contributed by atoms with van der Waals surface area (Å²) in [6, 6.07) is -0.467. The Balaban J connectivity index is 2.36. The van der Waals surface area contributed by atoms with Crippen LogP contribution in [0.3, 0.4) is 0 Å². The van der Waals surface area contributed by atoms with Crippen LogP contribution in [0.15, 0.2) is 0 Å². The lowest BCUT2D eigenvalue weighted by atomic mass is 9.74. The van der Waals surface area contributed by atoms with Gasteiger partial charge in [-0.15, -0.1) is 0 Å². The largest absolute Gasteiger partial charge is 0.395 e. The molecule has 0 aromatic rings. The molecule has 0 aromatic heterocycles. The van der Waals surface area contributed by atoms with Gasteiger partial charge in [-0.3, -0.25) is 0 Å². The predicted molar refractivity (Wildman–Crippen MR) is 61.4 cm³/mol. The zero-order chi connectivity index (χ0) is 11.4. The third kappa shape index (κ3) is 3.44. The van der Waals surface area contributed by atoms with E-state index in [1.54, 1.807) is 0 Å². The predicted octanol–water partition coefficient (Wildman–Crippen LogP) is 1.13. The zero-order valence-electron chi connectivity index (χ0n) is 9.89. The molecule has 1 saturated carbocycles. The van der Waals surface area contributed by atoms with Crippen LogP contribution in [0.4, 0.5) is 0 Å². The van der Waals surface area contributed by atoms with E-state index in [2.05, 4.69) is 13.8 Å². The molecule has 1 aliphatic rings. The number of rotatable bonds is 4. The lowest BCUT2D eigenvalue weighted by Gasteiger charge is -2.34. The van der Waals surface area contributed by atoms with Crippen molar-refractivity contribution in [2.45, 2.75) is 51.7 Å². The first kappa shape index (κ1) is 12.9. The summed E-state index contributed by atoms with van der Waals surface area (Å²) in [7, 11) is 0. The topological polar surface area (TPSA) is 66.5 Å². The molecule has 2 atom stereocenters. The molecule has 3 heteroatoms. The molecule has 0 heterocycles. The van der Waals surface area contributed by atoms with Gasteiger partial charge in [-0.25, -0.2) is 0 Å². The second kappa shape index (κ2) is 5.83. The summed E-state index contributed by atoms with van der Waals surface area (Å²) in [6.07, 6.45) is 3.97. The van der Waals surface area contributed by atoms with Gasteiger partial charge in [0.05, 0.1) is 18.8 Å². The Morgan fingerprint density at radius 3 is 2.00 bits per heavy atom. The molecule has 0 radical (unpaired) electrons. The summed E-state index contributed by atoms with van der Waals surface area (Å²) in [5, 5.41) is 18.8. The van der Waals surface area contributed by atoms with Gasteiger partial charge >= 0.3 is 0 Å². The van der Waals surface area contributed by atoms with Crippen LogP contribution in [0.5, 0.6) is 0 Å². The van der Waals surface area contributed by atoms with Crippen molar-refractivity contribution in [2.75, 3.05) is 6.61 Å². The fraction of sp³-hybridized carbons (Fsp3) is 1.00. The molecule has 3 nitrogen and oxygen atoms in total. The lowest BCUT2D eigenvalue weighted by Crippen LogP contribution is -2.43. The molecule has 1 rings (SSSR count). The van der Waals surface area contributed by atoms with Crippen molar-refractivity contribution in [1.82, 2.24) is 0 Å². The monoisotopic (exact) mass is 215 g/mol. The van der Waals surface area contributed by atoms with Crippen LogP contribution in [0, 0.1) is 17.8 Å². The Labute approximate surface area is 92.7 Å². The maximum absolute atomic E-state index is 9.88. The molecule has 0 amide bonds. The first-order valence-corrected chi connectivity index (χ1v) is 6.10. The molecule has 90 valence electrons. The van der Waals surface area contributed by atoms with Crippen molar-refractivity contribution in [3.63, 3.8) is 0 Å². The van der Waals surface area contributed by atoms with Gasteiger partial charge in [0.25, 0.3) is 0 Å². The quantitative estimate of drug-likeness (QED) is 0.658. The van der Waals surface area contributed by atoms with E-state index in [0.29, 0.717) is 5.92 Å². The molecule has 0 bridgehead atoms. The first-order valence-electron chi connectivity index (χ1n) is 6.10. The summed E-state index contributed by atoms with van der Waals surface area (Å²) in [5.74, 6) is 1.84. The number of aliphatic hydroxyl groups excluding tert-OH is 2. The first-order chi connectivity index (χ1) is 7.06. The van der Waals surface area contributed by atoms with Crippen molar-refractivity contribution in [2.24, 2.45) is 23.5 Å². The Kier molecular flexibility index (Phi) is 5.03. The molecule has 4 N–H and O–H groups in total. The maximum Gasteiger partial charge on any atom is 0.0741 e. The van der Waals surface area contributed by atoms with Gasteiger partial charge in [0.15, 0.2) is 0 Å². The van der Waals surface area contributed by atoms with Crippen LogP contribution in [0.2, 0.25) is 0 Å². The van der Waals surface area contributed by atoms with Crippen molar-refractivity contribution in [3.8, 4) is 0 Å². The van der Waals surface area contributed by atoms with Gasteiger partial charge < -0.3 is 15.9 Å². The Morgan fingerprint density at radius 1 is 1.13 bits per heavy atom. The van der Waals surface area contributed by atoms with Crippen molar-refractivity contribution >= 4 is 0 Å². The average Bonchev–Trinajstić information content (AvgIpc) is 2.27. The highest BCUT2D eigenvalue weighted by Gasteiger charge is 2.30. The molecule has 15 heavy (non-hydrogen) atoms. The second-order valence-corrected chi connectivity index (χ2v) is 5.26. The Hall–Kier alpha value is -0.120. The Morgan fingerprint density at radius 2 is 1.60 bits per heavy atom. The summed E-state index contributed by atoms with van der Waals surface area (Å²) in [5.41, 5.74) is 5.64. The highest BCUT2D eigenvalue weighted by molar-refractivity contribution is 4.83. The van der Waals surface area contributed by atoms with E-state index >= 15 is 0 Å². The minimum absolute atomic E-state index is 0.120. The van der Waals surface area contributed by atoms with Gasteiger partial charge in [0.2, 0.25) is 0 Å². The maximum atomic E-state index is 9.88. The van der Waals surface area contributed by atoms with Crippen molar-refractivity contribution in [1.29, 1.82) is 0 Å². The number of hydrogen-bond donors (Lipinski definition) is 3. The molecule has 0 aromatic carbocycles. The van der Waals surface area contributed by atoms with E-state index in [-0.39, 0.29) is 6.61 Å². The van der Waals surface area contributed by atoms with Crippen LogP contribution in [0.1, 0.15) is 39.5 Å². The van der Waals surface area contributed by atoms with Gasteiger partial charge in [0, 0.05) is 0 Å². The molecule has 0 unspecified atom stereocenters. The smallest absolute Gasteiger partial charge is 0.0741 e. The average molecular weight is 215 g/mol. The van der Waals surface area contributed by atoms with Crippen molar-refractivity contribution < 1.29 is 10.2 Å². The fourth-order valence-electron chi connectivity index (χ4n) is 2.61. The van der Waals surface area contributed by atoms with E-state index in [9.17, 15) is 5.11 Å². The highest BCUT2D eigenvalue weighted by Crippen LogP contribution is 2.35. The van der Waals surface area contributed by atoms with Gasteiger partial charge in [-0.05, 0) is 43.4 Å².